The number of hydrogen-bond acceptors (Lipinski definition) is 6. The fraction of sp³-hybridized carbons (Fsp3) is 0.375. The van der Waals surface area contributed by atoms with Gasteiger partial charge in [-0.25, -0.2) is 9.37 Å². The Labute approximate surface area is 248 Å². The van der Waals surface area contributed by atoms with Crippen LogP contribution in [0.2, 0.25) is 5.02 Å². The van der Waals surface area contributed by atoms with Crippen LogP contribution >= 0.6 is 11.6 Å². The Kier molecular flexibility index (Phi) is 6.84. The first kappa shape index (κ1) is 27.2. The Morgan fingerprint density at radius 2 is 1.93 bits per heavy atom. The minimum atomic E-state index is -1.27. The van der Waals surface area contributed by atoms with E-state index >= 15 is 0 Å². The largest absolute Gasteiger partial charge is 0.444 e. The molecule has 0 radical (unpaired) electrons. The van der Waals surface area contributed by atoms with Gasteiger partial charge in [-0.1, -0.05) is 23.7 Å². The third-order valence-corrected chi connectivity index (χ3v) is 8.95. The van der Waals surface area contributed by atoms with Crippen LogP contribution in [0.25, 0.3) is 11.0 Å². The molecule has 0 bridgehead atoms. The van der Waals surface area contributed by atoms with Gasteiger partial charge in [0.15, 0.2) is 11.5 Å². The fourth-order valence-corrected chi connectivity index (χ4v) is 6.48. The average Bonchev–Trinajstić information content (AvgIpc) is 3.47. The van der Waals surface area contributed by atoms with E-state index in [9.17, 15) is 9.18 Å². The van der Waals surface area contributed by atoms with E-state index in [0.717, 1.165) is 61.4 Å². The molecule has 1 amide bonds. The number of hydrogen-bond donors (Lipinski definition) is 1. The molecule has 218 valence electrons. The molecule has 0 aliphatic carbocycles. The first-order valence-electron chi connectivity index (χ1n) is 14.4. The maximum Gasteiger partial charge on any atom is 0.278 e. The Hall–Kier alpha value is -3.66. The van der Waals surface area contributed by atoms with E-state index in [-0.39, 0.29) is 12.0 Å². The Morgan fingerprint density at radius 3 is 2.64 bits per heavy atom. The number of nitrogens with two attached hydrogens (primary N) is 1. The predicted molar refractivity (Wildman–Crippen MR) is 156 cm³/mol. The van der Waals surface area contributed by atoms with Gasteiger partial charge >= 0.3 is 0 Å². The third kappa shape index (κ3) is 4.89. The second-order valence-electron chi connectivity index (χ2n) is 11.5. The van der Waals surface area contributed by atoms with Crippen molar-refractivity contribution in [2.75, 3.05) is 19.7 Å². The minimum Gasteiger partial charge on any atom is -0.444 e. The van der Waals surface area contributed by atoms with Crippen LogP contribution in [0.3, 0.4) is 0 Å². The number of fused-ring (bicyclic) bond motifs is 2. The van der Waals surface area contributed by atoms with E-state index in [4.69, 9.17) is 36.5 Å². The molecule has 8 nitrogen and oxygen atoms in total. The highest BCUT2D eigenvalue weighted by molar-refractivity contribution is 6.30. The number of ether oxygens (including phenoxy) is 3. The predicted octanol–water partition coefficient (Wildman–Crippen LogP) is 5.74. The summed E-state index contributed by atoms with van der Waals surface area (Å²) in [5, 5.41) is 0.324. The molecule has 2 saturated heterocycles. The molecule has 0 unspecified atom stereocenters. The van der Waals surface area contributed by atoms with Crippen molar-refractivity contribution in [3.05, 3.63) is 88.0 Å². The van der Waals surface area contributed by atoms with Crippen molar-refractivity contribution >= 4 is 28.5 Å². The van der Waals surface area contributed by atoms with Crippen molar-refractivity contribution in [1.82, 2.24) is 14.5 Å². The molecular weight excluding hydrogens is 559 g/mol. The van der Waals surface area contributed by atoms with Crippen molar-refractivity contribution in [3.8, 4) is 11.5 Å². The summed E-state index contributed by atoms with van der Waals surface area (Å²) in [6.45, 7) is 5.67. The van der Waals surface area contributed by atoms with E-state index in [1.165, 1.54) is 6.07 Å². The highest BCUT2D eigenvalue weighted by Crippen LogP contribution is 2.49. The van der Waals surface area contributed by atoms with Crippen LogP contribution < -0.4 is 15.2 Å². The fourth-order valence-electron chi connectivity index (χ4n) is 6.32. The number of aromatic nitrogens is 2. The van der Waals surface area contributed by atoms with E-state index in [1.807, 2.05) is 24.3 Å². The van der Waals surface area contributed by atoms with Crippen molar-refractivity contribution in [1.29, 1.82) is 0 Å². The zero-order valence-corrected chi connectivity index (χ0v) is 24.1. The van der Waals surface area contributed by atoms with Gasteiger partial charge in [-0.2, -0.15) is 0 Å². The molecule has 7 rings (SSSR count). The summed E-state index contributed by atoms with van der Waals surface area (Å²) >= 11 is 5.97. The Bertz CT molecular complexity index is 1680. The Morgan fingerprint density at radius 1 is 1.12 bits per heavy atom. The van der Waals surface area contributed by atoms with Crippen molar-refractivity contribution in [2.45, 2.75) is 57.1 Å². The number of amides is 1. The van der Waals surface area contributed by atoms with Gasteiger partial charge < -0.3 is 24.5 Å². The molecule has 2 N–H and O–H groups in total. The van der Waals surface area contributed by atoms with Crippen molar-refractivity contribution in [3.63, 3.8) is 0 Å². The number of nitrogens with zero attached hydrogens (tertiary/aromatic N) is 3. The number of carbonyl (C=O) groups is 1. The molecule has 10 heteroatoms. The highest BCUT2D eigenvalue weighted by Gasteiger charge is 2.43. The smallest absolute Gasteiger partial charge is 0.278 e. The number of carbonyl (C=O) groups excluding carboxylic acids is 1. The van der Waals surface area contributed by atoms with Gasteiger partial charge in [-0.15, -0.1) is 0 Å². The van der Waals surface area contributed by atoms with Crippen LogP contribution in [0.15, 0.2) is 54.6 Å². The maximum atomic E-state index is 14.8. The monoisotopic (exact) mass is 590 g/mol. The van der Waals surface area contributed by atoms with Crippen molar-refractivity contribution < 1.29 is 23.4 Å². The van der Waals surface area contributed by atoms with Gasteiger partial charge in [-0.05, 0) is 80.7 Å². The molecule has 3 aliphatic heterocycles. The topological polar surface area (TPSA) is 91.8 Å². The van der Waals surface area contributed by atoms with Gasteiger partial charge in [0.05, 0.1) is 35.8 Å². The number of para-hydroxylation sites is 1. The SMILES string of the molecule is C[C@@]1(c2ccc(Cl)cc2F)Oc2cccc(C3CCN(Cc4nc5ccc(C(N)=O)cc5n4C[C@@H]4CCO4)CC3)c2O1. The number of piperidine rings is 1. The van der Waals surface area contributed by atoms with Crippen LogP contribution in [0.5, 0.6) is 11.5 Å². The lowest BCUT2D eigenvalue weighted by atomic mass is 9.88. The molecule has 42 heavy (non-hydrogen) atoms. The summed E-state index contributed by atoms with van der Waals surface area (Å²) in [6, 6.07) is 15.9. The van der Waals surface area contributed by atoms with E-state index in [2.05, 4.69) is 15.5 Å². The van der Waals surface area contributed by atoms with E-state index in [1.54, 1.807) is 25.1 Å². The maximum absolute atomic E-state index is 14.8. The number of primary amides is 1. The molecule has 0 spiro atoms. The van der Waals surface area contributed by atoms with Crippen LogP contribution in [-0.2, 0) is 23.6 Å². The second-order valence-corrected chi connectivity index (χ2v) is 11.9. The summed E-state index contributed by atoms with van der Waals surface area (Å²) < 4.78 is 35.3. The molecule has 3 aromatic carbocycles. The molecule has 3 aliphatic rings. The summed E-state index contributed by atoms with van der Waals surface area (Å²) in [7, 11) is 0. The van der Waals surface area contributed by atoms with E-state index in [0.29, 0.717) is 40.7 Å². The third-order valence-electron chi connectivity index (χ3n) is 8.72. The molecular formula is C32H32ClFN4O4. The summed E-state index contributed by atoms with van der Waals surface area (Å²) in [4.78, 5) is 19.2. The average molecular weight is 591 g/mol. The summed E-state index contributed by atoms with van der Waals surface area (Å²) in [6.07, 6.45) is 3.03. The molecule has 4 aromatic rings. The number of halogens is 2. The molecule has 0 saturated carbocycles. The number of imidazole rings is 1. The van der Waals surface area contributed by atoms with Crippen LogP contribution in [-0.4, -0.2) is 46.2 Å². The first-order chi connectivity index (χ1) is 20.3. The van der Waals surface area contributed by atoms with Crippen LogP contribution in [0, 0.1) is 5.82 Å². The number of rotatable bonds is 7. The van der Waals surface area contributed by atoms with Gasteiger partial charge in [-0.3, -0.25) is 9.69 Å². The number of likely N-dealkylation sites (tertiary alicyclic amines) is 1. The van der Waals surface area contributed by atoms with E-state index < -0.39 is 17.5 Å². The van der Waals surface area contributed by atoms with Gasteiger partial charge in [0.25, 0.3) is 5.79 Å². The standard InChI is InChI=1S/C32H32ClFN4O4/c1-32(24-7-6-21(33)16-25(24)34)41-28-4-2-3-23(30(28)42-32)19-9-12-37(13-10-19)18-29-36-26-8-5-20(31(35)39)15-27(26)38(29)17-22-11-14-40-22/h2-8,15-16,19,22H,9-14,17-18H2,1H3,(H2,35,39)/t22-,32+/m0/s1. The van der Waals surface area contributed by atoms with Gasteiger partial charge in [0.2, 0.25) is 5.91 Å². The van der Waals surface area contributed by atoms with Crippen LogP contribution in [0.1, 0.15) is 59.4 Å². The van der Waals surface area contributed by atoms with Gasteiger partial charge in [0.1, 0.15) is 11.6 Å². The zero-order chi connectivity index (χ0) is 29.0. The first-order valence-corrected chi connectivity index (χ1v) is 14.7. The lowest BCUT2D eigenvalue weighted by Crippen LogP contribution is -2.35. The van der Waals surface area contributed by atoms with Gasteiger partial charge in [0, 0.05) is 29.7 Å². The molecule has 2 fully saturated rings. The highest BCUT2D eigenvalue weighted by atomic mass is 35.5. The quantitative estimate of drug-likeness (QED) is 0.295. The molecule has 2 atom stereocenters. The lowest BCUT2D eigenvalue weighted by molar-refractivity contribution is -0.0712. The molecule has 1 aromatic heterocycles. The molecule has 4 heterocycles. The normalized spacial score (nSPS) is 22.4. The lowest BCUT2D eigenvalue weighted by Gasteiger charge is -2.33. The summed E-state index contributed by atoms with van der Waals surface area (Å²) in [5.74, 6) is 0.346. The Balaban J connectivity index is 1.08. The zero-order valence-electron chi connectivity index (χ0n) is 23.3. The minimum absolute atomic E-state index is 0.151. The number of benzene rings is 3. The van der Waals surface area contributed by atoms with Crippen molar-refractivity contribution in [2.24, 2.45) is 5.73 Å². The van der Waals surface area contributed by atoms with Crippen LogP contribution in [0.4, 0.5) is 4.39 Å². The second kappa shape index (κ2) is 10.6. The summed E-state index contributed by atoms with van der Waals surface area (Å²) in [5.41, 5.74) is 9.18.